The van der Waals surface area contributed by atoms with Crippen LogP contribution in [0.5, 0.6) is 0 Å². The molecule has 5 nitrogen and oxygen atoms in total. The molecule has 126 valence electrons. The van der Waals surface area contributed by atoms with Gasteiger partial charge in [-0.15, -0.1) is 0 Å². The van der Waals surface area contributed by atoms with Gasteiger partial charge in [-0.2, -0.15) is 5.10 Å². The number of aliphatic imine (C=N–C) groups is 1. The van der Waals surface area contributed by atoms with Crippen molar-refractivity contribution in [2.45, 2.75) is 64.8 Å². The fourth-order valence-corrected chi connectivity index (χ4v) is 2.44. The molecule has 0 radical (unpaired) electrons. The van der Waals surface area contributed by atoms with Crippen LogP contribution in [0.3, 0.4) is 0 Å². The SMILES string of the molecule is CCCCCCCCCCNC(=NC)NCc1ccnn1C. The van der Waals surface area contributed by atoms with Crippen LogP contribution in [0.4, 0.5) is 0 Å². The molecule has 1 aromatic heterocycles. The van der Waals surface area contributed by atoms with E-state index in [2.05, 4.69) is 27.6 Å². The van der Waals surface area contributed by atoms with E-state index in [4.69, 9.17) is 0 Å². The normalized spacial score (nSPS) is 11.7. The third-order valence-corrected chi connectivity index (χ3v) is 3.91. The molecule has 0 fully saturated rings. The molecule has 0 aliphatic heterocycles. The molecule has 1 rings (SSSR count). The molecular formula is C17H33N5. The molecule has 0 atom stereocenters. The van der Waals surface area contributed by atoms with Crippen LogP contribution in [-0.2, 0) is 13.6 Å². The van der Waals surface area contributed by atoms with Crippen molar-refractivity contribution in [2.24, 2.45) is 12.0 Å². The third kappa shape index (κ3) is 8.05. The van der Waals surface area contributed by atoms with Crippen LogP contribution in [0.1, 0.15) is 64.0 Å². The van der Waals surface area contributed by atoms with Crippen LogP contribution in [-0.4, -0.2) is 29.3 Å². The Hall–Kier alpha value is -1.52. The minimum atomic E-state index is 0.744. The number of aromatic nitrogens is 2. The van der Waals surface area contributed by atoms with Gasteiger partial charge in [-0.25, -0.2) is 0 Å². The van der Waals surface area contributed by atoms with Gasteiger partial charge in [0.15, 0.2) is 5.96 Å². The van der Waals surface area contributed by atoms with Crippen LogP contribution < -0.4 is 10.6 Å². The highest BCUT2D eigenvalue weighted by atomic mass is 15.3. The van der Waals surface area contributed by atoms with Gasteiger partial charge in [0, 0.05) is 26.8 Å². The van der Waals surface area contributed by atoms with Gasteiger partial charge in [-0.05, 0) is 12.5 Å². The van der Waals surface area contributed by atoms with Crippen LogP contribution in [0.15, 0.2) is 17.3 Å². The Labute approximate surface area is 135 Å². The summed E-state index contributed by atoms with van der Waals surface area (Å²) in [6.07, 6.45) is 12.6. The summed E-state index contributed by atoms with van der Waals surface area (Å²) in [5.74, 6) is 0.865. The van der Waals surface area contributed by atoms with Gasteiger partial charge in [-0.3, -0.25) is 9.67 Å². The Balaban J connectivity index is 2.01. The molecule has 0 saturated heterocycles. The number of guanidine groups is 1. The maximum Gasteiger partial charge on any atom is 0.191 e. The number of hydrogen-bond acceptors (Lipinski definition) is 2. The fraction of sp³-hybridized carbons (Fsp3) is 0.765. The first-order valence-electron chi connectivity index (χ1n) is 8.69. The fourth-order valence-electron chi connectivity index (χ4n) is 2.44. The van der Waals surface area contributed by atoms with E-state index in [1.165, 1.54) is 51.4 Å². The number of nitrogens with zero attached hydrogens (tertiary/aromatic N) is 3. The molecule has 0 unspecified atom stereocenters. The average Bonchev–Trinajstić information content (AvgIpc) is 2.94. The van der Waals surface area contributed by atoms with Gasteiger partial charge in [-0.1, -0.05) is 51.9 Å². The van der Waals surface area contributed by atoms with Crippen molar-refractivity contribution in [3.05, 3.63) is 18.0 Å². The molecule has 1 heterocycles. The Morgan fingerprint density at radius 3 is 2.36 bits per heavy atom. The van der Waals surface area contributed by atoms with Gasteiger partial charge in [0.25, 0.3) is 0 Å². The van der Waals surface area contributed by atoms with Crippen LogP contribution in [0.2, 0.25) is 0 Å². The summed E-state index contributed by atoms with van der Waals surface area (Å²) < 4.78 is 1.87. The molecule has 1 aromatic rings. The van der Waals surface area contributed by atoms with Crippen LogP contribution in [0.25, 0.3) is 0 Å². The first kappa shape index (κ1) is 18.5. The topological polar surface area (TPSA) is 54.2 Å². The lowest BCUT2D eigenvalue weighted by Crippen LogP contribution is -2.37. The van der Waals surface area contributed by atoms with Crippen molar-refractivity contribution in [3.63, 3.8) is 0 Å². The molecule has 5 heteroatoms. The summed E-state index contributed by atoms with van der Waals surface area (Å²) in [4.78, 5) is 4.25. The lowest BCUT2D eigenvalue weighted by atomic mass is 10.1. The van der Waals surface area contributed by atoms with Crippen molar-refractivity contribution in [1.29, 1.82) is 0 Å². The number of nitrogens with one attached hydrogen (secondary N) is 2. The quantitative estimate of drug-likeness (QED) is 0.375. The van der Waals surface area contributed by atoms with Crippen molar-refractivity contribution in [2.75, 3.05) is 13.6 Å². The predicted molar refractivity (Wildman–Crippen MR) is 94.0 cm³/mol. The Kier molecular flexibility index (Phi) is 10.2. The summed E-state index contributed by atoms with van der Waals surface area (Å²) in [6.45, 7) is 3.99. The second kappa shape index (κ2) is 12.1. The van der Waals surface area contributed by atoms with E-state index in [9.17, 15) is 0 Å². The predicted octanol–water partition coefficient (Wildman–Crippen LogP) is 3.23. The van der Waals surface area contributed by atoms with Gasteiger partial charge >= 0.3 is 0 Å². The highest BCUT2D eigenvalue weighted by Gasteiger charge is 2.00. The minimum Gasteiger partial charge on any atom is -0.356 e. The molecule has 0 spiro atoms. The molecule has 0 amide bonds. The van der Waals surface area contributed by atoms with Crippen LogP contribution >= 0.6 is 0 Å². The van der Waals surface area contributed by atoms with E-state index in [-0.39, 0.29) is 0 Å². The van der Waals surface area contributed by atoms with E-state index in [0.29, 0.717) is 0 Å². The number of unbranched alkanes of at least 4 members (excludes halogenated alkanes) is 7. The standard InChI is InChI=1S/C17H33N5/c1-4-5-6-7-8-9-10-11-13-19-17(18-2)20-15-16-12-14-21-22(16)3/h12,14H,4-11,13,15H2,1-3H3,(H2,18,19,20). The maximum atomic E-state index is 4.25. The Morgan fingerprint density at radius 1 is 1.09 bits per heavy atom. The first-order chi connectivity index (χ1) is 10.8. The van der Waals surface area contributed by atoms with E-state index in [1.807, 2.05) is 31.0 Å². The molecule has 0 aliphatic carbocycles. The molecule has 0 bridgehead atoms. The number of rotatable bonds is 11. The summed E-state index contributed by atoms with van der Waals surface area (Å²) >= 11 is 0. The van der Waals surface area contributed by atoms with E-state index < -0.39 is 0 Å². The van der Waals surface area contributed by atoms with Crippen molar-refractivity contribution >= 4 is 5.96 Å². The monoisotopic (exact) mass is 307 g/mol. The van der Waals surface area contributed by atoms with Crippen LogP contribution in [0, 0.1) is 0 Å². The van der Waals surface area contributed by atoms with Gasteiger partial charge in [0.05, 0.1) is 12.2 Å². The van der Waals surface area contributed by atoms with Gasteiger partial charge in [0.1, 0.15) is 0 Å². The number of aryl methyl sites for hydroxylation is 1. The van der Waals surface area contributed by atoms with Crippen molar-refractivity contribution < 1.29 is 0 Å². The molecule has 0 saturated carbocycles. The molecular weight excluding hydrogens is 274 g/mol. The zero-order chi connectivity index (χ0) is 16.0. The van der Waals surface area contributed by atoms with Gasteiger partial charge in [0.2, 0.25) is 0 Å². The van der Waals surface area contributed by atoms with Crippen molar-refractivity contribution in [3.8, 4) is 0 Å². The van der Waals surface area contributed by atoms with Crippen molar-refractivity contribution in [1.82, 2.24) is 20.4 Å². The number of hydrogen-bond donors (Lipinski definition) is 2. The summed E-state index contributed by atoms with van der Waals surface area (Å²) in [7, 11) is 3.76. The first-order valence-corrected chi connectivity index (χ1v) is 8.69. The summed E-state index contributed by atoms with van der Waals surface area (Å²) in [5.41, 5.74) is 1.15. The smallest absolute Gasteiger partial charge is 0.191 e. The molecule has 0 aliphatic rings. The summed E-state index contributed by atoms with van der Waals surface area (Å²) in [5, 5.41) is 10.8. The minimum absolute atomic E-state index is 0.744. The van der Waals surface area contributed by atoms with E-state index in [1.54, 1.807) is 0 Å². The Morgan fingerprint density at radius 2 is 1.77 bits per heavy atom. The molecule has 22 heavy (non-hydrogen) atoms. The Bertz CT molecular complexity index is 411. The largest absolute Gasteiger partial charge is 0.356 e. The third-order valence-electron chi connectivity index (χ3n) is 3.91. The summed E-state index contributed by atoms with van der Waals surface area (Å²) in [6, 6.07) is 2.01. The highest BCUT2D eigenvalue weighted by molar-refractivity contribution is 5.79. The van der Waals surface area contributed by atoms with Gasteiger partial charge < -0.3 is 10.6 Å². The van der Waals surface area contributed by atoms with E-state index in [0.717, 1.165) is 24.7 Å². The zero-order valence-electron chi connectivity index (χ0n) is 14.6. The lowest BCUT2D eigenvalue weighted by molar-refractivity contribution is 0.571. The second-order valence-electron chi connectivity index (χ2n) is 5.77. The maximum absolute atomic E-state index is 4.25. The molecule has 0 aromatic carbocycles. The molecule has 2 N–H and O–H groups in total. The highest BCUT2D eigenvalue weighted by Crippen LogP contribution is 2.07. The zero-order valence-corrected chi connectivity index (χ0v) is 14.6. The average molecular weight is 307 g/mol. The second-order valence-corrected chi connectivity index (χ2v) is 5.77. The lowest BCUT2D eigenvalue weighted by Gasteiger charge is -2.11. The van der Waals surface area contributed by atoms with E-state index >= 15 is 0 Å².